The van der Waals surface area contributed by atoms with E-state index >= 15 is 0 Å². The molecule has 0 aromatic heterocycles. The number of hydrogen-bond donors (Lipinski definition) is 0. The van der Waals surface area contributed by atoms with E-state index in [2.05, 4.69) is 6.92 Å². The van der Waals surface area contributed by atoms with Crippen LogP contribution in [0.2, 0.25) is 0 Å². The highest BCUT2D eigenvalue weighted by molar-refractivity contribution is 5.53. The predicted molar refractivity (Wildman–Crippen MR) is 104 cm³/mol. The van der Waals surface area contributed by atoms with Crippen molar-refractivity contribution >= 4 is 6.29 Å². The summed E-state index contributed by atoms with van der Waals surface area (Å²) in [6.45, 7) is 2.34. The lowest BCUT2D eigenvalue weighted by Crippen LogP contribution is -2.15. The highest BCUT2D eigenvalue weighted by atomic mass is 16.1. The molecule has 2 rings (SSSR count). The Bertz CT molecular complexity index is 314. The van der Waals surface area contributed by atoms with E-state index in [1.54, 1.807) is 0 Å². The first-order valence-electron chi connectivity index (χ1n) is 11.3. The van der Waals surface area contributed by atoms with E-state index in [0.717, 1.165) is 30.6 Å². The molecule has 0 aliphatic heterocycles. The molecule has 140 valence electrons. The normalized spacial score (nSPS) is 31.0. The second-order valence-corrected chi connectivity index (χ2v) is 8.95. The second kappa shape index (κ2) is 12.1. The van der Waals surface area contributed by atoms with Crippen LogP contribution < -0.4 is 0 Å². The zero-order chi connectivity index (χ0) is 17.0. The van der Waals surface area contributed by atoms with Crippen LogP contribution in [0, 0.1) is 23.7 Å². The van der Waals surface area contributed by atoms with E-state index in [-0.39, 0.29) is 0 Å². The Labute approximate surface area is 151 Å². The van der Waals surface area contributed by atoms with Crippen LogP contribution in [0.25, 0.3) is 0 Å². The number of carbonyl (C=O) groups is 1. The summed E-state index contributed by atoms with van der Waals surface area (Å²) >= 11 is 0. The SMILES string of the molecule is CCCC1CCCC(CCCCCCCC2CCC(C=O)CC2)C1. The fraction of sp³-hybridized carbons (Fsp3) is 0.957. The predicted octanol–water partition coefficient (Wildman–Crippen LogP) is 7.33. The summed E-state index contributed by atoms with van der Waals surface area (Å²) in [6.07, 6.45) is 25.3. The van der Waals surface area contributed by atoms with Crippen LogP contribution in [0.4, 0.5) is 0 Å². The standard InChI is InChI=1S/C23H42O/c1-2-9-21-12-8-13-22(18-21)11-7-5-3-4-6-10-20-14-16-23(19-24)17-15-20/h19-23H,2-18H2,1H3. The molecule has 0 spiro atoms. The van der Waals surface area contributed by atoms with E-state index < -0.39 is 0 Å². The number of rotatable bonds is 11. The first-order chi connectivity index (χ1) is 11.8. The Balaban J connectivity index is 1.41. The summed E-state index contributed by atoms with van der Waals surface area (Å²) in [5, 5.41) is 0. The van der Waals surface area contributed by atoms with Crippen LogP contribution in [0.1, 0.15) is 116 Å². The van der Waals surface area contributed by atoms with E-state index in [0.29, 0.717) is 5.92 Å². The number of carbonyl (C=O) groups excluding carboxylic acids is 1. The second-order valence-electron chi connectivity index (χ2n) is 8.95. The average molecular weight is 335 g/mol. The minimum Gasteiger partial charge on any atom is -0.303 e. The Morgan fingerprint density at radius 2 is 1.29 bits per heavy atom. The van der Waals surface area contributed by atoms with Gasteiger partial charge in [-0.3, -0.25) is 0 Å². The van der Waals surface area contributed by atoms with Crippen LogP contribution in [-0.2, 0) is 4.79 Å². The molecule has 24 heavy (non-hydrogen) atoms. The fourth-order valence-corrected chi connectivity index (χ4v) is 5.34. The quantitative estimate of drug-likeness (QED) is 0.285. The van der Waals surface area contributed by atoms with Crippen molar-refractivity contribution in [1.82, 2.24) is 0 Å². The fourth-order valence-electron chi connectivity index (χ4n) is 5.34. The van der Waals surface area contributed by atoms with Gasteiger partial charge in [-0.1, -0.05) is 84.0 Å². The summed E-state index contributed by atoms with van der Waals surface area (Å²) < 4.78 is 0. The van der Waals surface area contributed by atoms with Crippen molar-refractivity contribution in [3.05, 3.63) is 0 Å². The number of hydrogen-bond acceptors (Lipinski definition) is 1. The van der Waals surface area contributed by atoms with Gasteiger partial charge in [0.2, 0.25) is 0 Å². The molecule has 2 aliphatic rings. The zero-order valence-electron chi connectivity index (χ0n) is 16.3. The molecule has 2 saturated carbocycles. The third-order valence-electron chi connectivity index (χ3n) is 6.90. The van der Waals surface area contributed by atoms with Gasteiger partial charge in [0, 0.05) is 5.92 Å². The summed E-state index contributed by atoms with van der Waals surface area (Å²) in [5.41, 5.74) is 0. The van der Waals surface area contributed by atoms with Crippen LogP contribution in [0.5, 0.6) is 0 Å². The van der Waals surface area contributed by atoms with Crippen molar-refractivity contribution in [3.63, 3.8) is 0 Å². The van der Waals surface area contributed by atoms with Crippen molar-refractivity contribution in [3.8, 4) is 0 Å². The summed E-state index contributed by atoms with van der Waals surface area (Å²) in [7, 11) is 0. The Kier molecular flexibility index (Phi) is 10.1. The summed E-state index contributed by atoms with van der Waals surface area (Å²) in [6, 6.07) is 0. The van der Waals surface area contributed by atoms with Crippen LogP contribution >= 0.6 is 0 Å². The van der Waals surface area contributed by atoms with Crippen LogP contribution in [0.15, 0.2) is 0 Å². The molecule has 2 unspecified atom stereocenters. The minimum absolute atomic E-state index is 0.387. The molecule has 0 aromatic rings. The molecule has 0 aromatic carbocycles. The molecular weight excluding hydrogens is 292 g/mol. The topological polar surface area (TPSA) is 17.1 Å². The van der Waals surface area contributed by atoms with Gasteiger partial charge in [-0.05, 0) is 49.9 Å². The lowest BCUT2D eigenvalue weighted by atomic mass is 9.77. The van der Waals surface area contributed by atoms with Crippen molar-refractivity contribution in [1.29, 1.82) is 0 Å². The van der Waals surface area contributed by atoms with E-state index in [9.17, 15) is 4.79 Å². The molecule has 0 saturated heterocycles. The van der Waals surface area contributed by atoms with Gasteiger partial charge < -0.3 is 4.79 Å². The maximum Gasteiger partial charge on any atom is 0.123 e. The van der Waals surface area contributed by atoms with Gasteiger partial charge in [0.05, 0.1) is 0 Å². The molecule has 2 fully saturated rings. The maximum atomic E-state index is 10.8. The summed E-state index contributed by atoms with van der Waals surface area (Å²) in [5.74, 6) is 3.43. The average Bonchev–Trinajstić information content (AvgIpc) is 2.62. The molecule has 0 bridgehead atoms. The third kappa shape index (κ3) is 7.70. The smallest absolute Gasteiger partial charge is 0.123 e. The first-order valence-corrected chi connectivity index (χ1v) is 11.3. The van der Waals surface area contributed by atoms with Gasteiger partial charge in [0.1, 0.15) is 6.29 Å². The highest BCUT2D eigenvalue weighted by Crippen LogP contribution is 2.35. The van der Waals surface area contributed by atoms with Crippen LogP contribution in [-0.4, -0.2) is 6.29 Å². The third-order valence-corrected chi connectivity index (χ3v) is 6.90. The van der Waals surface area contributed by atoms with E-state index in [1.807, 2.05) is 0 Å². The number of unbranched alkanes of at least 4 members (excludes halogenated alkanes) is 4. The molecule has 2 atom stereocenters. The lowest BCUT2D eigenvalue weighted by Gasteiger charge is -2.29. The van der Waals surface area contributed by atoms with Crippen molar-refractivity contribution in [2.45, 2.75) is 116 Å². The Morgan fingerprint density at radius 3 is 1.92 bits per heavy atom. The Hall–Kier alpha value is -0.330. The molecule has 1 nitrogen and oxygen atoms in total. The molecule has 0 amide bonds. The molecule has 0 radical (unpaired) electrons. The van der Waals surface area contributed by atoms with Gasteiger partial charge in [-0.25, -0.2) is 0 Å². The van der Waals surface area contributed by atoms with Crippen molar-refractivity contribution < 1.29 is 4.79 Å². The molecule has 1 heteroatoms. The van der Waals surface area contributed by atoms with E-state index in [1.165, 1.54) is 103 Å². The largest absolute Gasteiger partial charge is 0.303 e. The van der Waals surface area contributed by atoms with E-state index in [4.69, 9.17) is 0 Å². The monoisotopic (exact) mass is 334 g/mol. The van der Waals surface area contributed by atoms with Gasteiger partial charge in [-0.15, -0.1) is 0 Å². The first kappa shape index (κ1) is 20.0. The molecule has 2 aliphatic carbocycles. The van der Waals surface area contributed by atoms with Crippen LogP contribution in [0.3, 0.4) is 0 Å². The van der Waals surface area contributed by atoms with Gasteiger partial charge in [0.25, 0.3) is 0 Å². The Morgan fingerprint density at radius 1 is 0.708 bits per heavy atom. The molecule has 0 heterocycles. The summed E-state index contributed by atoms with van der Waals surface area (Å²) in [4.78, 5) is 10.8. The maximum absolute atomic E-state index is 10.8. The van der Waals surface area contributed by atoms with Crippen molar-refractivity contribution in [2.24, 2.45) is 23.7 Å². The molecular formula is C23H42O. The van der Waals surface area contributed by atoms with Gasteiger partial charge in [0.15, 0.2) is 0 Å². The highest BCUT2D eigenvalue weighted by Gasteiger charge is 2.21. The molecule has 0 N–H and O–H groups in total. The zero-order valence-corrected chi connectivity index (χ0v) is 16.3. The lowest BCUT2D eigenvalue weighted by molar-refractivity contribution is -0.112. The number of aldehydes is 1. The van der Waals surface area contributed by atoms with Gasteiger partial charge >= 0.3 is 0 Å². The minimum atomic E-state index is 0.387. The van der Waals surface area contributed by atoms with Gasteiger partial charge in [-0.2, -0.15) is 0 Å². The van der Waals surface area contributed by atoms with Crippen molar-refractivity contribution in [2.75, 3.05) is 0 Å².